The minimum absolute atomic E-state index is 0.00436. The fourth-order valence-corrected chi connectivity index (χ4v) is 5.64. The highest BCUT2D eigenvalue weighted by Gasteiger charge is 2.33. The first kappa shape index (κ1) is 29.5. The Hall–Kier alpha value is -3.07. The van der Waals surface area contributed by atoms with Crippen LogP contribution < -0.4 is 9.62 Å². The number of amides is 2. The third-order valence-electron chi connectivity index (χ3n) is 6.01. The summed E-state index contributed by atoms with van der Waals surface area (Å²) < 4.78 is 28.6. The van der Waals surface area contributed by atoms with Crippen LogP contribution >= 0.6 is 23.2 Å². The molecule has 10 heteroatoms. The number of carbonyl (C=O) groups is 2. The molecule has 7 nitrogen and oxygen atoms in total. The number of rotatable bonds is 11. The van der Waals surface area contributed by atoms with Crippen molar-refractivity contribution in [1.82, 2.24) is 10.2 Å². The van der Waals surface area contributed by atoms with Crippen LogP contribution in [-0.2, 0) is 26.2 Å². The van der Waals surface area contributed by atoms with E-state index in [1.54, 1.807) is 55.5 Å². The van der Waals surface area contributed by atoms with Gasteiger partial charge in [-0.05, 0) is 74.4 Å². The Morgan fingerprint density at radius 2 is 1.42 bits per heavy atom. The second kappa shape index (κ2) is 13.1. The van der Waals surface area contributed by atoms with E-state index < -0.39 is 28.5 Å². The first-order valence-corrected chi connectivity index (χ1v) is 14.4. The molecular weight excluding hydrogens is 545 g/mol. The van der Waals surface area contributed by atoms with Crippen LogP contribution in [0.4, 0.5) is 5.69 Å². The highest BCUT2D eigenvalue weighted by atomic mass is 35.5. The lowest BCUT2D eigenvalue weighted by molar-refractivity contribution is -0.140. The van der Waals surface area contributed by atoms with Gasteiger partial charge in [-0.15, -0.1) is 0 Å². The predicted molar refractivity (Wildman–Crippen MR) is 152 cm³/mol. The molecule has 0 radical (unpaired) electrons. The quantitative estimate of drug-likeness (QED) is 0.330. The van der Waals surface area contributed by atoms with Crippen LogP contribution in [-0.4, -0.2) is 44.3 Å². The summed E-state index contributed by atoms with van der Waals surface area (Å²) in [6, 6.07) is 18.8. The van der Waals surface area contributed by atoms with Crippen molar-refractivity contribution < 1.29 is 18.0 Å². The number of carbonyl (C=O) groups excluding carboxylic acids is 2. The molecule has 3 aromatic carbocycles. The minimum atomic E-state index is -4.14. The van der Waals surface area contributed by atoms with E-state index in [9.17, 15) is 18.0 Å². The second-order valence-electron chi connectivity index (χ2n) is 8.77. The first-order valence-electron chi connectivity index (χ1n) is 12.2. The molecule has 0 bridgehead atoms. The summed E-state index contributed by atoms with van der Waals surface area (Å²) in [5.74, 6) is -0.823. The summed E-state index contributed by atoms with van der Waals surface area (Å²) in [6.45, 7) is 5.50. The third-order valence-corrected chi connectivity index (χ3v) is 8.30. The molecule has 38 heavy (non-hydrogen) atoms. The number of sulfonamides is 1. The number of likely N-dealkylation sites (N-methyl/N-ethyl adjacent to an activating group) is 1. The van der Waals surface area contributed by atoms with Gasteiger partial charge in [0.05, 0.1) is 10.6 Å². The molecule has 0 aliphatic rings. The topological polar surface area (TPSA) is 86.8 Å². The van der Waals surface area contributed by atoms with E-state index >= 15 is 0 Å². The number of nitrogens with zero attached hydrogens (tertiary/aromatic N) is 2. The fourth-order valence-electron chi connectivity index (χ4n) is 3.97. The molecule has 1 atom stereocenters. The largest absolute Gasteiger partial charge is 0.355 e. The van der Waals surface area contributed by atoms with E-state index in [1.165, 1.54) is 29.2 Å². The SMILES string of the molecule is CCNC(=O)[C@H](CC)N(Cc1ccc(Cl)cc1)C(=O)CN(c1ccc(C)cc1)S(=O)(=O)c1ccc(Cl)cc1. The van der Waals surface area contributed by atoms with E-state index in [0.29, 0.717) is 28.7 Å². The standard InChI is InChI=1S/C28H31Cl2N3O4S/c1-4-26(28(35)31-5-2)32(18-21-8-10-22(29)11-9-21)27(34)19-33(24-14-6-20(3)7-15-24)38(36,37)25-16-12-23(30)13-17-25/h6-17,26H,4-5,18-19H2,1-3H3,(H,31,35)/t26-/m0/s1. The van der Waals surface area contributed by atoms with Gasteiger partial charge in [-0.25, -0.2) is 8.42 Å². The lowest BCUT2D eigenvalue weighted by Gasteiger charge is -2.33. The zero-order valence-corrected chi connectivity index (χ0v) is 23.9. The van der Waals surface area contributed by atoms with Crippen LogP contribution in [0.15, 0.2) is 77.7 Å². The third kappa shape index (κ3) is 7.28. The monoisotopic (exact) mass is 575 g/mol. The molecule has 202 valence electrons. The number of benzene rings is 3. The average Bonchev–Trinajstić information content (AvgIpc) is 2.89. The Kier molecular flexibility index (Phi) is 10.2. The Labute approximate surface area is 234 Å². The van der Waals surface area contributed by atoms with Gasteiger partial charge < -0.3 is 10.2 Å². The summed E-state index contributed by atoms with van der Waals surface area (Å²) in [7, 11) is -4.14. The van der Waals surface area contributed by atoms with Crippen molar-refractivity contribution >= 4 is 50.7 Å². The molecule has 0 saturated heterocycles. The number of anilines is 1. The maximum absolute atomic E-state index is 13.9. The van der Waals surface area contributed by atoms with Crippen molar-refractivity contribution in [2.45, 2.75) is 44.7 Å². The van der Waals surface area contributed by atoms with E-state index in [2.05, 4.69) is 5.32 Å². The van der Waals surface area contributed by atoms with Crippen LogP contribution in [0.5, 0.6) is 0 Å². The first-order chi connectivity index (χ1) is 18.1. The van der Waals surface area contributed by atoms with Crippen LogP contribution in [0.2, 0.25) is 10.0 Å². The molecule has 0 aromatic heterocycles. The van der Waals surface area contributed by atoms with Gasteiger partial charge in [-0.3, -0.25) is 13.9 Å². The molecule has 0 unspecified atom stereocenters. The normalized spacial score (nSPS) is 12.0. The van der Waals surface area contributed by atoms with Gasteiger partial charge in [0.1, 0.15) is 12.6 Å². The van der Waals surface area contributed by atoms with E-state index in [0.717, 1.165) is 15.4 Å². The lowest BCUT2D eigenvalue weighted by atomic mass is 10.1. The van der Waals surface area contributed by atoms with Gasteiger partial charge in [-0.1, -0.05) is 60.0 Å². The average molecular weight is 577 g/mol. The zero-order chi connectivity index (χ0) is 27.9. The zero-order valence-electron chi connectivity index (χ0n) is 21.5. The van der Waals surface area contributed by atoms with Crippen LogP contribution in [0.1, 0.15) is 31.4 Å². The van der Waals surface area contributed by atoms with Crippen LogP contribution in [0, 0.1) is 6.92 Å². The van der Waals surface area contributed by atoms with Gasteiger partial charge in [0.2, 0.25) is 11.8 Å². The van der Waals surface area contributed by atoms with Gasteiger partial charge in [0.15, 0.2) is 0 Å². The van der Waals surface area contributed by atoms with Crippen LogP contribution in [0.3, 0.4) is 0 Å². The van der Waals surface area contributed by atoms with Crippen molar-refractivity contribution in [3.63, 3.8) is 0 Å². The van der Waals surface area contributed by atoms with Gasteiger partial charge in [-0.2, -0.15) is 0 Å². The Morgan fingerprint density at radius 3 is 1.95 bits per heavy atom. The molecule has 0 aliphatic heterocycles. The minimum Gasteiger partial charge on any atom is -0.355 e. The summed E-state index contributed by atoms with van der Waals surface area (Å²) in [6.07, 6.45) is 0.347. The number of halogens is 2. The fraction of sp³-hybridized carbons (Fsp3) is 0.286. The van der Waals surface area contributed by atoms with Crippen molar-refractivity contribution in [3.05, 3.63) is 94.0 Å². The number of hydrogen-bond acceptors (Lipinski definition) is 4. The second-order valence-corrected chi connectivity index (χ2v) is 11.5. The van der Waals surface area contributed by atoms with Gasteiger partial charge in [0, 0.05) is 23.1 Å². The molecule has 1 N–H and O–H groups in total. The molecule has 0 heterocycles. The van der Waals surface area contributed by atoms with Crippen molar-refractivity contribution in [2.75, 3.05) is 17.4 Å². The number of hydrogen-bond donors (Lipinski definition) is 1. The highest BCUT2D eigenvalue weighted by molar-refractivity contribution is 7.92. The van der Waals surface area contributed by atoms with Crippen molar-refractivity contribution in [1.29, 1.82) is 0 Å². The smallest absolute Gasteiger partial charge is 0.264 e. The van der Waals surface area contributed by atoms with E-state index in [-0.39, 0.29) is 17.3 Å². The summed E-state index contributed by atoms with van der Waals surface area (Å²) in [5, 5.41) is 3.72. The molecule has 0 saturated carbocycles. The lowest BCUT2D eigenvalue weighted by Crippen LogP contribution is -2.52. The number of aryl methyl sites for hydroxylation is 1. The summed E-state index contributed by atoms with van der Waals surface area (Å²) in [5.41, 5.74) is 2.03. The molecule has 0 aliphatic carbocycles. The summed E-state index contributed by atoms with van der Waals surface area (Å²) >= 11 is 12.0. The molecule has 3 aromatic rings. The van der Waals surface area contributed by atoms with Crippen molar-refractivity contribution in [3.8, 4) is 0 Å². The Bertz CT molecular complexity index is 1350. The molecule has 2 amide bonds. The Morgan fingerprint density at radius 1 is 0.868 bits per heavy atom. The molecule has 0 fully saturated rings. The number of nitrogens with one attached hydrogen (secondary N) is 1. The van der Waals surface area contributed by atoms with Gasteiger partial charge >= 0.3 is 0 Å². The maximum atomic E-state index is 13.9. The van der Waals surface area contributed by atoms with E-state index in [4.69, 9.17) is 23.2 Å². The van der Waals surface area contributed by atoms with Gasteiger partial charge in [0.25, 0.3) is 10.0 Å². The predicted octanol–water partition coefficient (Wildman–Crippen LogP) is 5.44. The maximum Gasteiger partial charge on any atom is 0.264 e. The molecular formula is C28H31Cl2N3O4S. The van der Waals surface area contributed by atoms with Crippen LogP contribution in [0.25, 0.3) is 0 Å². The summed E-state index contributed by atoms with van der Waals surface area (Å²) in [4.78, 5) is 28.3. The molecule has 3 rings (SSSR count). The van der Waals surface area contributed by atoms with E-state index in [1.807, 2.05) is 13.8 Å². The molecule has 0 spiro atoms. The van der Waals surface area contributed by atoms with Crippen molar-refractivity contribution in [2.24, 2.45) is 0 Å². The highest BCUT2D eigenvalue weighted by Crippen LogP contribution is 2.26. The Balaban J connectivity index is 2.04.